The number of hydrogen-bond donors (Lipinski definition) is 0. The van der Waals surface area contributed by atoms with E-state index in [1.165, 1.54) is 11.1 Å². The Balaban J connectivity index is 1.30. The van der Waals surface area contributed by atoms with Gasteiger partial charge in [0.25, 0.3) is 0 Å². The van der Waals surface area contributed by atoms with Crippen LogP contribution in [0.2, 0.25) is 0 Å². The molecule has 8 aromatic carbocycles. The Labute approximate surface area is 301 Å². The van der Waals surface area contributed by atoms with Gasteiger partial charge in [-0.05, 0) is 64.7 Å². The highest BCUT2D eigenvalue weighted by Crippen LogP contribution is 2.49. The normalized spacial score (nSPS) is 11.5. The molecule has 0 amide bonds. The lowest BCUT2D eigenvalue weighted by Gasteiger charge is -2.27. The van der Waals surface area contributed by atoms with Crippen molar-refractivity contribution in [1.82, 2.24) is 4.98 Å². The van der Waals surface area contributed by atoms with E-state index in [4.69, 9.17) is 9.40 Å². The molecule has 0 fully saturated rings. The van der Waals surface area contributed by atoms with Crippen LogP contribution in [0.5, 0.6) is 0 Å². The third-order valence-corrected chi connectivity index (χ3v) is 10.0. The number of para-hydroxylation sites is 2. The Kier molecular flexibility index (Phi) is 7.14. The zero-order valence-corrected chi connectivity index (χ0v) is 28.3. The van der Waals surface area contributed by atoms with E-state index < -0.39 is 0 Å². The molecular formula is C49H32N2O. The van der Waals surface area contributed by atoms with E-state index >= 15 is 0 Å². The minimum atomic E-state index is 0.836. The zero-order chi connectivity index (χ0) is 34.4. The fraction of sp³-hybridized carbons (Fsp3) is 0. The van der Waals surface area contributed by atoms with E-state index in [9.17, 15) is 0 Å². The first-order valence-electron chi connectivity index (χ1n) is 17.6. The number of nitrogens with zero attached hydrogens (tertiary/aromatic N) is 2. The molecule has 0 aliphatic heterocycles. The van der Waals surface area contributed by atoms with Crippen LogP contribution in [-0.2, 0) is 0 Å². The highest BCUT2D eigenvalue weighted by Gasteiger charge is 2.25. The van der Waals surface area contributed by atoms with Gasteiger partial charge in [-0.2, -0.15) is 0 Å². The average Bonchev–Trinajstić information content (AvgIpc) is 3.62. The molecule has 52 heavy (non-hydrogen) atoms. The number of aromatic nitrogens is 1. The van der Waals surface area contributed by atoms with Gasteiger partial charge in [0.05, 0.1) is 16.9 Å². The molecule has 244 valence electrons. The van der Waals surface area contributed by atoms with Crippen molar-refractivity contribution < 1.29 is 4.42 Å². The van der Waals surface area contributed by atoms with Gasteiger partial charge < -0.3 is 9.32 Å². The van der Waals surface area contributed by atoms with Crippen molar-refractivity contribution in [2.24, 2.45) is 0 Å². The molecule has 2 aromatic heterocycles. The number of hydrogen-bond acceptors (Lipinski definition) is 3. The van der Waals surface area contributed by atoms with Gasteiger partial charge in [-0.25, -0.2) is 4.98 Å². The van der Waals surface area contributed by atoms with Crippen molar-refractivity contribution in [2.75, 3.05) is 4.90 Å². The second kappa shape index (κ2) is 12.4. The summed E-state index contributed by atoms with van der Waals surface area (Å²) in [5.41, 5.74) is 12.4. The van der Waals surface area contributed by atoms with Gasteiger partial charge in [0.15, 0.2) is 5.58 Å². The third-order valence-electron chi connectivity index (χ3n) is 10.0. The molecule has 0 aliphatic carbocycles. The summed E-state index contributed by atoms with van der Waals surface area (Å²) in [7, 11) is 0. The lowest BCUT2D eigenvalue weighted by atomic mass is 9.94. The summed E-state index contributed by atoms with van der Waals surface area (Å²) in [6.45, 7) is 0. The van der Waals surface area contributed by atoms with Crippen LogP contribution in [0.4, 0.5) is 17.1 Å². The van der Waals surface area contributed by atoms with Crippen molar-refractivity contribution in [1.29, 1.82) is 0 Å². The van der Waals surface area contributed by atoms with Crippen molar-refractivity contribution in [3.05, 3.63) is 194 Å². The summed E-state index contributed by atoms with van der Waals surface area (Å²) in [6.07, 6.45) is 0. The Morgan fingerprint density at radius 2 is 0.865 bits per heavy atom. The number of pyridine rings is 1. The van der Waals surface area contributed by atoms with Crippen LogP contribution < -0.4 is 4.90 Å². The minimum absolute atomic E-state index is 0.836. The van der Waals surface area contributed by atoms with Crippen molar-refractivity contribution in [2.45, 2.75) is 0 Å². The summed E-state index contributed by atoms with van der Waals surface area (Å²) in [5, 5.41) is 5.49. The fourth-order valence-electron chi connectivity index (χ4n) is 7.59. The van der Waals surface area contributed by atoms with Crippen molar-refractivity contribution >= 4 is 60.7 Å². The first-order valence-corrected chi connectivity index (χ1v) is 17.6. The maximum Gasteiger partial charge on any atom is 0.160 e. The predicted molar refractivity (Wildman–Crippen MR) is 218 cm³/mol. The SMILES string of the molecule is c1ccc(-c2ccc(N(c3ccc(-c4ccccc4)cc3)c3cc4c(-c5ccccc5)nc5ccccc5c4c4c3oc3ccccc34)cc2)cc1. The first kappa shape index (κ1) is 29.9. The molecule has 0 aliphatic rings. The van der Waals surface area contributed by atoms with Crippen LogP contribution >= 0.6 is 0 Å². The van der Waals surface area contributed by atoms with Crippen LogP contribution in [0.15, 0.2) is 199 Å². The largest absolute Gasteiger partial charge is 0.454 e. The first-order chi connectivity index (χ1) is 25.8. The van der Waals surface area contributed by atoms with E-state index in [1.807, 2.05) is 6.07 Å². The lowest BCUT2D eigenvalue weighted by molar-refractivity contribution is 0.669. The summed E-state index contributed by atoms with van der Waals surface area (Å²) >= 11 is 0. The fourth-order valence-corrected chi connectivity index (χ4v) is 7.59. The summed E-state index contributed by atoms with van der Waals surface area (Å²) in [4.78, 5) is 7.66. The Morgan fingerprint density at radius 3 is 1.46 bits per heavy atom. The standard InChI is InChI=1S/C49H32N2O/c1-4-14-33(15-5-1)35-24-28-38(29-25-35)51(39-30-26-36(27-31-39)34-16-6-2-7-17-34)44-32-42-46(47-41-21-11-13-23-45(41)52-49(44)47)40-20-10-12-22-43(40)50-48(42)37-18-8-3-9-19-37/h1-32H. The van der Waals surface area contributed by atoms with Gasteiger partial charge in [-0.3, -0.25) is 0 Å². The average molecular weight is 665 g/mol. The van der Waals surface area contributed by atoms with Gasteiger partial charge in [0, 0.05) is 43.9 Å². The van der Waals surface area contributed by atoms with Gasteiger partial charge in [-0.15, -0.1) is 0 Å². The Hall–Kier alpha value is -6.97. The monoisotopic (exact) mass is 664 g/mol. The molecule has 0 unspecified atom stereocenters. The molecule has 3 nitrogen and oxygen atoms in total. The third kappa shape index (κ3) is 5.02. The van der Waals surface area contributed by atoms with E-state index in [1.54, 1.807) is 0 Å². The highest BCUT2D eigenvalue weighted by atomic mass is 16.3. The van der Waals surface area contributed by atoms with Crippen LogP contribution in [-0.4, -0.2) is 4.98 Å². The van der Waals surface area contributed by atoms with Gasteiger partial charge in [0.2, 0.25) is 0 Å². The van der Waals surface area contributed by atoms with Crippen LogP contribution in [0.1, 0.15) is 0 Å². The van der Waals surface area contributed by atoms with Crippen LogP contribution in [0, 0.1) is 0 Å². The summed E-state index contributed by atoms with van der Waals surface area (Å²) in [6, 6.07) is 68.4. The Morgan fingerprint density at radius 1 is 0.385 bits per heavy atom. The number of anilines is 3. The molecule has 10 aromatic rings. The van der Waals surface area contributed by atoms with Crippen LogP contribution in [0.25, 0.3) is 77.1 Å². The zero-order valence-electron chi connectivity index (χ0n) is 28.3. The molecule has 0 spiro atoms. The van der Waals surface area contributed by atoms with Crippen LogP contribution in [0.3, 0.4) is 0 Å². The van der Waals surface area contributed by atoms with Gasteiger partial charge in [0.1, 0.15) is 5.58 Å². The molecule has 10 rings (SSSR count). The summed E-state index contributed by atoms with van der Waals surface area (Å²) < 4.78 is 6.93. The molecule has 0 saturated heterocycles. The second-order valence-corrected chi connectivity index (χ2v) is 13.1. The molecule has 0 saturated carbocycles. The highest BCUT2D eigenvalue weighted by molar-refractivity contribution is 6.30. The number of furan rings is 1. The van der Waals surface area contributed by atoms with Gasteiger partial charge in [-0.1, -0.05) is 152 Å². The predicted octanol–water partition coefficient (Wildman–Crippen LogP) is 13.8. The molecule has 2 heterocycles. The molecule has 0 atom stereocenters. The molecular weight excluding hydrogens is 633 g/mol. The summed E-state index contributed by atoms with van der Waals surface area (Å²) in [5.74, 6) is 0. The van der Waals surface area contributed by atoms with E-state index in [-0.39, 0.29) is 0 Å². The molecule has 0 radical (unpaired) electrons. The Bertz CT molecular complexity index is 2780. The number of fused-ring (bicyclic) bond motifs is 7. The maximum atomic E-state index is 6.93. The molecule has 3 heteroatoms. The van der Waals surface area contributed by atoms with Crippen molar-refractivity contribution in [3.8, 4) is 33.5 Å². The molecule has 0 N–H and O–H groups in total. The maximum absolute atomic E-state index is 6.93. The van der Waals surface area contributed by atoms with Crippen molar-refractivity contribution in [3.63, 3.8) is 0 Å². The van der Waals surface area contributed by atoms with E-state index in [0.717, 1.165) is 83.1 Å². The number of rotatable bonds is 6. The van der Waals surface area contributed by atoms with E-state index in [0.29, 0.717) is 0 Å². The quantitative estimate of drug-likeness (QED) is 0.166. The lowest BCUT2D eigenvalue weighted by Crippen LogP contribution is -2.10. The minimum Gasteiger partial charge on any atom is -0.454 e. The number of benzene rings is 8. The van der Waals surface area contributed by atoms with E-state index in [2.05, 4.69) is 193 Å². The van der Waals surface area contributed by atoms with Gasteiger partial charge >= 0.3 is 0 Å². The second-order valence-electron chi connectivity index (χ2n) is 13.1. The molecule has 0 bridgehead atoms. The smallest absolute Gasteiger partial charge is 0.160 e. The topological polar surface area (TPSA) is 29.3 Å².